The average Bonchev–Trinajstić information content (AvgIpc) is 2.59. The largest absolute Gasteiger partial charge is 0.497 e. The minimum Gasteiger partial charge on any atom is -0.497 e. The minimum atomic E-state index is -0.190. The molecule has 1 saturated heterocycles. The molecule has 1 unspecified atom stereocenters. The van der Waals surface area contributed by atoms with E-state index < -0.39 is 0 Å². The van der Waals surface area contributed by atoms with Crippen LogP contribution in [0, 0.1) is 5.92 Å². The maximum atomic E-state index is 12.2. The Kier molecular flexibility index (Phi) is 7.34. The fraction of sp³-hybridized carbons (Fsp3) is 0.611. The Hall–Kier alpha value is -1.79. The molecular weight excluding hydrogens is 306 g/mol. The molecule has 6 heteroatoms. The molecule has 1 fully saturated rings. The zero-order valence-corrected chi connectivity index (χ0v) is 14.9. The molecule has 0 aromatic heterocycles. The van der Waals surface area contributed by atoms with Crippen LogP contribution in [0.3, 0.4) is 0 Å². The fourth-order valence-corrected chi connectivity index (χ4v) is 2.93. The van der Waals surface area contributed by atoms with Crippen LogP contribution in [0.25, 0.3) is 0 Å². The molecule has 2 N–H and O–H groups in total. The maximum Gasteiger partial charge on any atom is 0.319 e. The molecule has 1 atom stereocenters. The van der Waals surface area contributed by atoms with Gasteiger partial charge in [-0.05, 0) is 24.5 Å². The van der Waals surface area contributed by atoms with E-state index in [9.17, 15) is 4.79 Å². The maximum absolute atomic E-state index is 12.2. The summed E-state index contributed by atoms with van der Waals surface area (Å²) in [6.07, 6.45) is 1.05. The molecule has 6 nitrogen and oxygen atoms in total. The number of methoxy groups -OCH3 is 1. The highest BCUT2D eigenvalue weighted by Crippen LogP contribution is 2.17. The summed E-state index contributed by atoms with van der Waals surface area (Å²) in [6, 6.07) is 7.49. The summed E-state index contributed by atoms with van der Waals surface area (Å²) in [5.41, 5.74) is 0.721. The Morgan fingerprint density at radius 3 is 2.75 bits per heavy atom. The highest BCUT2D eigenvalue weighted by atomic mass is 16.5. The molecule has 1 aliphatic rings. The van der Waals surface area contributed by atoms with Crippen molar-refractivity contribution in [3.63, 3.8) is 0 Å². The molecule has 2 rings (SSSR count). The van der Waals surface area contributed by atoms with Crippen LogP contribution in [0.15, 0.2) is 24.3 Å². The van der Waals surface area contributed by atoms with Crippen molar-refractivity contribution in [1.29, 1.82) is 0 Å². The standard InChI is InChI=1S/C18H29N3O3/c1-14(2)11-16(21-7-9-24-10-8-21)13-19-18(22)20-15-5-4-6-17(12-15)23-3/h4-6,12,14,16H,7-11,13H2,1-3H3,(H2,19,20,22). The van der Waals surface area contributed by atoms with E-state index in [0.717, 1.165) is 44.2 Å². The first-order chi connectivity index (χ1) is 11.6. The van der Waals surface area contributed by atoms with E-state index in [2.05, 4.69) is 29.4 Å². The van der Waals surface area contributed by atoms with Gasteiger partial charge in [0.15, 0.2) is 0 Å². The number of hydrogen-bond donors (Lipinski definition) is 2. The molecule has 0 bridgehead atoms. The van der Waals surface area contributed by atoms with E-state index in [1.807, 2.05) is 18.2 Å². The lowest BCUT2D eigenvalue weighted by Crippen LogP contribution is -2.49. The van der Waals surface area contributed by atoms with Crippen molar-refractivity contribution in [2.75, 3.05) is 45.3 Å². The van der Waals surface area contributed by atoms with Gasteiger partial charge in [-0.25, -0.2) is 4.79 Å². The Morgan fingerprint density at radius 2 is 2.08 bits per heavy atom. The molecule has 1 aromatic carbocycles. The van der Waals surface area contributed by atoms with Crippen LogP contribution in [0.1, 0.15) is 20.3 Å². The Bertz CT molecular complexity index is 516. The average molecular weight is 335 g/mol. The number of nitrogens with one attached hydrogen (secondary N) is 2. The third-order valence-electron chi connectivity index (χ3n) is 4.13. The molecule has 0 radical (unpaired) electrons. The molecule has 0 spiro atoms. The summed E-state index contributed by atoms with van der Waals surface area (Å²) in [5, 5.41) is 5.85. The van der Waals surface area contributed by atoms with Crippen LogP contribution in [0.2, 0.25) is 0 Å². The fourth-order valence-electron chi connectivity index (χ4n) is 2.93. The normalized spacial score (nSPS) is 16.7. The third kappa shape index (κ3) is 6.02. The van der Waals surface area contributed by atoms with Crippen molar-refractivity contribution in [1.82, 2.24) is 10.2 Å². The van der Waals surface area contributed by atoms with E-state index in [0.29, 0.717) is 18.5 Å². The first-order valence-corrected chi connectivity index (χ1v) is 8.59. The number of anilines is 1. The quantitative estimate of drug-likeness (QED) is 0.804. The smallest absolute Gasteiger partial charge is 0.319 e. The number of ether oxygens (including phenoxy) is 2. The summed E-state index contributed by atoms with van der Waals surface area (Å²) in [7, 11) is 1.61. The van der Waals surface area contributed by atoms with Gasteiger partial charge in [-0.3, -0.25) is 4.90 Å². The van der Waals surface area contributed by atoms with Crippen LogP contribution in [0.5, 0.6) is 5.75 Å². The third-order valence-corrected chi connectivity index (χ3v) is 4.13. The molecule has 134 valence electrons. The van der Waals surface area contributed by atoms with Gasteiger partial charge >= 0.3 is 6.03 Å². The molecule has 24 heavy (non-hydrogen) atoms. The number of morpholine rings is 1. The number of amides is 2. The number of hydrogen-bond acceptors (Lipinski definition) is 4. The van der Waals surface area contributed by atoms with Crippen LogP contribution in [0.4, 0.5) is 10.5 Å². The molecule has 2 amide bonds. The van der Waals surface area contributed by atoms with Crippen LogP contribution >= 0.6 is 0 Å². The van der Waals surface area contributed by atoms with E-state index in [4.69, 9.17) is 9.47 Å². The molecule has 1 heterocycles. The van der Waals surface area contributed by atoms with Crippen molar-refractivity contribution >= 4 is 11.7 Å². The Labute approximate surface area is 144 Å². The number of rotatable bonds is 7. The van der Waals surface area contributed by atoms with E-state index in [-0.39, 0.29) is 6.03 Å². The number of benzene rings is 1. The summed E-state index contributed by atoms with van der Waals surface area (Å²) < 4.78 is 10.6. The van der Waals surface area contributed by atoms with Crippen LogP contribution in [-0.4, -0.2) is 56.9 Å². The molecule has 1 aliphatic heterocycles. The minimum absolute atomic E-state index is 0.190. The first-order valence-electron chi connectivity index (χ1n) is 8.59. The molecular formula is C18H29N3O3. The topological polar surface area (TPSA) is 62.8 Å². The van der Waals surface area contributed by atoms with Crippen molar-refractivity contribution in [3.05, 3.63) is 24.3 Å². The molecule has 0 aliphatic carbocycles. The molecule has 1 aromatic rings. The number of nitrogens with zero attached hydrogens (tertiary/aromatic N) is 1. The molecule has 0 saturated carbocycles. The summed E-state index contributed by atoms with van der Waals surface area (Å²) >= 11 is 0. The number of carbonyl (C=O) groups excluding carboxylic acids is 1. The second-order valence-electron chi connectivity index (χ2n) is 6.50. The number of urea groups is 1. The van der Waals surface area contributed by atoms with Crippen molar-refractivity contribution in [2.45, 2.75) is 26.3 Å². The van der Waals surface area contributed by atoms with Gasteiger partial charge in [-0.2, -0.15) is 0 Å². The zero-order chi connectivity index (χ0) is 17.4. The van der Waals surface area contributed by atoms with Gasteiger partial charge in [-0.15, -0.1) is 0 Å². The first kappa shape index (κ1) is 18.5. The summed E-state index contributed by atoms with van der Waals surface area (Å²) in [5.74, 6) is 1.31. The van der Waals surface area contributed by atoms with Gasteiger partial charge < -0.3 is 20.1 Å². The predicted molar refractivity (Wildman–Crippen MR) is 95.7 cm³/mol. The Morgan fingerprint density at radius 1 is 1.33 bits per heavy atom. The van der Waals surface area contributed by atoms with E-state index in [1.54, 1.807) is 13.2 Å². The van der Waals surface area contributed by atoms with Gasteiger partial charge in [0, 0.05) is 37.4 Å². The van der Waals surface area contributed by atoms with E-state index in [1.165, 1.54) is 0 Å². The van der Waals surface area contributed by atoms with E-state index >= 15 is 0 Å². The highest BCUT2D eigenvalue weighted by molar-refractivity contribution is 5.89. The second-order valence-corrected chi connectivity index (χ2v) is 6.50. The zero-order valence-electron chi connectivity index (χ0n) is 14.9. The number of carbonyl (C=O) groups is 1. The summed E-state index contributed by atoms with van der Waals surface area (Å²) in [6.45, 7) is 8.45. The van der Waals surface area contributed by atoms with Gasteiger partial charge in [0.2, 0.25) is 0 Å². The second kappa shape index (κ2) is 9.49. The lowest BCUT2D eigenvalue weighted by atomic mass is 10.0. The van der Waals surface area contributed by atoms with Crippen LogP contribution in [-0.2, 0) is 4.74 Å². The van der Waals surface area contributed by atoms with Crippen molar-refractivity contribution < 1.29 is 14.3 Å². The van der Waals surface area contributed by atoms with Gasteiger partial charge in [0.05, 0.1) is 20.3 Å². The van der Waals surface area contributed by atoms with Crippen molar-refractivity contribution in [2.24, 2.45) is 5.92 Å². The van der Waals surface area contributed by atoms with Crippen molar-refractivity contribution in [3.8, 4) is 5.75 Å². The van der Waals surface area contributed by atoms with Gasteiger partial charge in [-0.1, -0.05) is 19.9 Å². The SMILES string of the molecule is COc1cccc(NC(=O)NCC(CC(C)C)N2CCOCC2)c1. The highest BCUT2D eigenvalue weighted by Gasteiger charge is 2.22. The van der Waals surface area contributed by atoms with Gasteiger partial charge in [0.25, 0.3) is 0 Å². The Balaban J connectivity index is 1.86. The lowest BCUT2D eigenvalue weighted by molar-refractivity contribution is 0.0130. The monoisotopic (exact) mass is 335 g/mol. The van der Waals surface area contributed by atoms with Crippen LogP contribution < -0.4 is 15.4 Å². The predicted octanol–water partition coefficient (Wildman–Crippen LogP) is 2.56. The lowest BCUT2D eigenvalue weighted by Gasteiger charge is -2.35. The van der Waals surface area contributed by atoms with Gasteiger partial charge in [0.1, 0.15) is 5.75 Å². The summed E-state index contributed by atoms with van der Waals surface area (Å²) in [4.78, 5) is 14.6.